The fourth-order valence-corrected chi connectivity index (χ4v) is 2.56. The van der Waals surface area contributed by atoms with Crippen LogP contribution in [0.5, 0.6) is 0 Å². The van der Waals surface area contributed by atoms with Gasteiger partial charge in [0.25, 0.3) is 0 Å². The van der Waals surface area contributed by atoms with E-state index in [1.807, 2.05) is 5.32 Å². The molecule has 7 heteroatoms. The van der Waals surface area contributed by atoms with Gasteiger partial charge in [0.2, 0.25) is 5.91 Å². The monoisotopic (exact) mass is 290 g/mol. The van der Waals surface area contributed by atoms with E-state index in [4.69, 9.17) is 5.73 Å². The molecule has 1 aliphatic carbocycles. The Morgan fingerprint density at radius 3 is 2.35 bits per heavy atom. The Morgan fingerprint density at radius 1 is 1.20 bits per heavy atom. The van der Waals surface area contributed by atoms with Crippen LogP contribution in [0.2, 0.25) is 0 Å². The van der Waals surface area contributed by atoms with Crippen LogP contribution in [-0.4, -0.2) is 12.5 Å². The number of carbonyl (C=O) groups excluding carboxylic acids is 1. The molecule has 1 aromatic carbocycles. The number of rotatable bonds is 3. The van der Waals surface area contributed by atoms with Gasteiger partial charge < -0.3 is 11.1 Å². The quantitative estimate of drug-likeness (QED) is 0.664. The molecule has 1 saturated carbocycles. The van der Waals surface area contributed by atoms with Gasteiger partial charge in [-0.2, -0.15) is 0 Å². The van der Waals surface area contributed by atoms with E-state index in [1.54, 1.807) is 0 Å². The maximum Gasteiger partial charge on any atom is 0.227 e. The number of nitrogens with one attached hydrogen (secondary N) is 1. The highest BCUT2D eigenvalue weighted by Crippen LogP contribution is 2.33. The van der Waals surface area contributed by atoms with Gasteiger partial charge in [0, 0.05) is 12.0 Å². The van der Waals surface area contributed by atoms with Crippen molar-refractivity contribution in [2.24, 2.45) is 17.6 Å². The number of carbonyl (C=O) groups is 1. The number of hydrogen-bond acceptors (Lipinski definition) is 2. The summed E-state index contributed by atoms with van der Waals surface area (Å²) in [5.41, 5.74) is 4.43. The summed E-state index contributed by atoms with van der Waals surface area (Å²) in [5, 5.41) is 1.94. The number of anilines is 1. The lowest BCUT2D eigenvalue weighted by Crippen LogP contribution is -2.30. The van der Waals surface area contributed by atoms with Crippen LogP contribution in [0.25, 0.3) is 0 Å². The van der Waals surface area contributed by atoms with E-state index in [0.717, 1.165) is 12.8 Å². The standard InChI is InChI=1S/C13H14F4N2O/c14-8-4-9(15)11(17)12(10(8)16)19-13(20)7-3-1-2-6(7)5-18/h4,6-7H,1-3,5,18H2,(H,19,20). The minimum absolute atomic E-state index is 0.0838. The first-order valence-corrected chi connectivity index (χ1v) is 6.29. The molecule has 1 aliphatic rings. The van der Waals surface area contributed by atoms with Crippen molar-refractivity contribution < 1.29 is 22.4 Å². The SMILES string of the molecule is NCC1CCCC1C(=O)Nc1c(F)c(F)cc(F)c1F. The molecule has 0 spiro atoms. The molecule has 0 bridgehead atoms. The second-order valence-corrected chi connectivity index (χ2v) is 4.87. The van der Waals surface area contributed by atoms with Gasteiger partial charge in [-0.05, 0) is 25.3 Å². The van der Waals surface area contributed by atoms with Crippen LogP contribution in [0, 0.1) is 35.1 Å². The van der Waals surface area contributed by atoms with Gasteiger partial charge in [0.1, 0.15) is 5.69 Å². The van der Waals surface area contributed by atoms with Gasteiger partial charge in [-0.1, -0.05) is 6.42 Å². The largest absolute Gasteiger partial charge is 0.330 e. The summed E-state index contributed by atoms with van der Waals surface area (Å²) in [7, 11) is 0. The Morgan fingerprint density at radius 2 is 1.80 bits per heavy atom. The highest BCUT2D eigenvalue weighted by molar-refractivity contribution is 5.93. The van der Waals surface area contributed by atoms with Crippen LogP contribution in [0.3, 0.4) is 0 Å². The summed E-state index contributed by atoms with van der Waals surface area (Å²) in [4.78, 5) is 12.0. The zero-order valence-corrected chi connectivity index (χ0v) is 10.6. The number of nitrogens with two attached hydrogens (primary N) is 1. The Kier molecular flexibility index (Phi) is 4.27. The minimum Gasteiger partial charge on any atom is -0.330 e. The van der Waals surface area contributed by atoms with E-state index in [0.29, 0.717) is 6.42 Å². The molecule has 0 saturated heterocycles. The predicted octanol–water partition coefficient (Wildman–Crippen LogP) is 2.56. The van der Waals surface area contributed by atoms with Crippen molar-refractivity contribution in [3.05, 3.63) is 29.3 Å². The van der Waals surface area contributed by atoms with Crippen molar-refractivity contribution in [1.82, 2.24) is 0 Å². The first kappa shape index (κ1) is 14.8. The lowest BCUT2D eigenvalue weighted by Gasteiger charge is -2.18. The highest BCUT2D eigenvalue weighted by atomic mass is 19.2. The van der Waals surface area contributed by atoms with Gasteiger partial charge in [-0.25, -0.2) is 17.6 Å². The van der Waals surface area contributed by atoms with Gasteiger partial charge in [0.15, 0.2) is 23.3 Å². The number of halogens is 4. The van der Waals surface area contributed by atoms with Crippen molar-refractivity contribution in [3.63, 3.8) is 0 Å². The second-order valence-electron chi connectivity index (χ2n) is 4.87. The van der Waals surface area contributed by atoms with E-state index in [9.17, 15) is 22.4 Å². The van der Waals surface area contributed by atoms with Crippen LogP contribution < -0.4 is 11.1 Å². The smallest absolute Gasteiger partial charge is 0.227 e. The third-order valence-electron chi connectivity index (χ3n) is 3.66. The Balaban J connectivity index is 2.24. The summed E-state index contributed by atoms with van der Waals surface area (Å²) < 4.78 is 53.0. The number of benzene rings is 1. The van der Waals surface area contributed by atoms with Crippen LogP contribution in [0.4, 0.5) is 23.2 Å². The summed E-state index contributed by atoms with van der Waals surface area (Å²) in [6.45, 7) is 0.278. The van der Waals surface area contributed by atoms with Crippen molar-refractivity contribution >= 4 is 11.6 Å². The van der Waals surface area contributed by atoms with Crippen molar-refractivity contribution in [2.45, 2.75) is 19.3 Å². The summed E-state index contributed by atoms with van der Waals surface area (Å²) in [5.74, 6) is -7.58. The zero-order chi connectivity index (χ0) is 14.9. The molecule has 2 rings (SSSR count). The van der Waals surface area contributed by atoms with E-state index >= 15 is 0 Å². The summed E-state index contributed by atoms with van der Waals surface area (Å²) in [6, 6.07) is 0.0958. The van der Waals surface area contributed by atoms with Gasteiger partial charge in [0.05, 0.1) is 0 Å². The molecular formula is C13H14F4N2O. The molecule has 1 fully saturated rings. The Bertz CT molecular complexity index is 509. The summed E-state index contributed by atoms with van der Waals surface area (Å²) >= 11 is 0. The van der Waals surface area contributed by atoms with Crippen molar-refractivity contribution in [2.75, 3.05) is 11.9 Å². The maximum atomic E-state index is 13.4. The minimum atomic E-state index is -1.61. The third-order valence-corrected chi connectivity index (χ3v) is 3.66. The average Bonchev–Trinajstić information content (AvgIpc) is 2.89. The molecule has 1 amide bonds. The second kappa shape index (κ2) is 5.78. The molecule has 20 heavy (non-hydrogen) atoms. The third kappa shape index (κ3) is 2.63. The molecule has 2 unspecified atom stereocenters. The summed E-state index contributed by atoms with van der Waals surface area (Å²) in [6.07, 6.45) is 2.06. The Labute approximate surface area is 113 Å². The topological polar surface area (TPSA) is 55.1 Å². The van der Waals surface area contributed by atoms with Gasteiger partial charge in [-0.15, -0.1) is 0 Å². The highest BCUT2D eigenvalue weighted by Gasteiger charge is 2.33. The molecule has 0 aliphatic heterocycles. The van der Waals surface area contributed by atoms with Crippen LogP contribution in [0.1, 0.15) is 19.3 Å². The predicted molar refractivity (Wildman–Crippen MR) is 64.8 cm³/mol. The normalized spacial score (nSPS) is 22.1. The molecular weight excluding hydrogens is 276 g/mol. The molecule has 110 valence electrons. The van der Waals surface area contributed by atoms with E-state index in [1.165, 1.54) is 0 Å². The molecule has 2 atom stereocenters. The lowest BCUT2D eigenvalue weighted by molar-refractivity contribution is -0.120. The molecule has 0 aromatic heterocycles. The van der Waals surface area contributed by atoms with E-state index < -0.39 is 40.8 Å². The fourth-order valence-electron chi connectivity index (χ4n) is 2.56. The maximum absolute atomic E-state index is 13.4. The van der Waals surface area contributed by atoms with Crippen LogP contribution >= 0.6 is 0 Å². The van der Waals surface area contributed by atoms with E-state index in [2.05, 4.69) is 0 Å². The van der Waals surface area contributed by atoms with Crippen LogP contribution in [0.15, 0.2) is 6.07 Å². The molecule has 1 aromatic rings. The number of amides is 1. The molecule has 0 heterocycles. The molecule has 0 radical (unpaired) electrons. The lowest BCUT2D eigenvalue weighted by atomic mass is 9.95. The fraction of sp³-hybridized carbons (Fsp3) is 0.462. The number of hydrogen-bond donors (Lipinski definition) is 2. The molecule has 3 nitrogen and oxygen atoms in total. The van der Waals surface area contributed by atoms with Gasteiger partial charge in [-0.3, -0.25) is 4.79 Å². The van der Waals surface area contributed by atoms with Gasteiger partial charge >= 0.3 is 0 Å². The van der Waals surface area contributed by atoms with E-state index in [-0.39, 0.29) is 18.5 Å². The first-order valence-electron chi connectivity index (χ1n) is 6.29. The first-order chi connectivity index (χ1) is 9.45. The Hall–Kier alpha value is -1.63. The molecule has 3 N–H and O–H groups in total. The zero-order valence-electron chi connectivity index (χ0n) is 10.6. The van der Waals surface area contributed by atoms with Crippen LogP contribution in [-0.2, 0) is 4.79 Å². The van der Waals surface area contributed by atoms with Crippen molar-refractivity contribution in [3.8, 4) is 0 Å². The van der Waals surface area contributed by atoms with Crippen molar-refractivity contribution in [1.29, 1.82) is 0 Å². The average molecular weight is 290 g/mol.